The molecule has 0 bridgehead atoms. The van der Waals surface area contributed by atoms with Crippen LogP contribution in [0.4, 0.5) is 0 Å². The summed E-state index contributed by atoms with van der Waals surface area (Å²) in [7, 11) is 0. The number of rotatable bonds is 4. The molecule has 1 aromatic heterocycles. The number of carbonyl (C=O) groups is 1. The second-order valence-corrected chi connectivity index (χ2v) is 8.01. The van der Waals surface area contributed by atoms with E-state index in [0.717, 1.165) is 18.7 Å². The minimum atomic E-state index is -0.494. The van der Waals surface area contributed by atoms with Crippen LogP contribution in [0.3, 0.4) is 0 Å². The molecule has 7 heteroatoms. The van der Waals surface area contributed by atoms with Crippen LogP contribution in [0.2, 0.25) is 5.02 Å². The lowest BCUT2D eigenvalue weighted by atomic mass is 9.98. The van der Waals surface area contributed by atoms with Gasteiger partial charge in [-0.2, -0.15) is 0 Å². The summed E-state index contributed by atoms with van der Waals surface area (Å²) < 4.78 is 11.4. The highest BCUT2D eigenvalue weighted by atomic mass is 35.5. The molecule has 0 radical (unpaired) electrons. The van der Waals surface area contributed by atoms with Crippen molar-refractivity contribution < 1.29 is 13.9 Å². The van der Waals surface area contributed by atoms with Gasteiger partial charge < -0.3 is 14.1 Å². The molecular weight excluding hydrogens is 404 g/mol. The summed E-state index contributed by atoms with van der Waals surface area (Å²) in [6.07, 6.45) is 0. The normalized spacial score (nSPS) is 19.4. The van der Waals surface area contributed by atoms with Crippen molar-refractivity contribution in [3.63, 3.8) is 0 Å². The number of carbonyl (C=O) groups excluding carboxylic acids is 1. The summed E-state index contributed by atoms with van der Waals surface area (Å²) >= 11 is 6.08. The second kappa shape index (κ2) is 7.87. The minimum absolute atomic E-state index is 0.139. The van der Waals surface area contributed by atoms with E-state index >= 15 is 0 Å². The van der Waals surface area contributed by atoms with E-state index in [1.807, 2.05) is 12.1 Å². The molecular formula is C23H21ClN2O4. The monoisotopic (exact) mass is 424 g/mol. The smallest absolute Gasteiger partial charge is 0.290 e. The van der Waals surface area contributed by atoms with Crippen LogP contribution in [0.15, 0.2) is 57.7 Å². The lowest BCUT2D eigenvalue weighted by Crippen LogP contribution is -2.42. The van der Waals surface area contributed by atoms with Crippen molar-refractivity contribution in [3.05, 3.63) is 80.7 Å². The molecule has 1 unspecified atom stereocenters. The zero-order valence-corrected chi connectivity index (χ0v) is 17.1. The Kier molecular flexibility index (Phi) is 5.06. The molecule has 1 fully saturated rings. The van der Waals surface area contributed by atoms with Crippen molar-refractivity contribution in [3.8, 4) is 0 Å². The van der Waals surface area contributed by atoms with Gasteiger partial charge in [0, 0.05) is 31.2 Å². The molecule has 0 aliphatic carbocycles. The van der Waals surface area contributed by atoms with Gasteiger partial charge in [-0.25, -0.2) is 0 Å². The summed E-state index contributed by atoms with van der Waals surface area (Å²) in [5.74, 6) is -0.110. The molecule has 3 aromatic rings. The molecule has 6 nitrogen and oxygen atoms in total. The molecule has 2 aromatic carbocycles. The number of amides is 1. The summed E-state index contributed by atoms with van der Waals surface area (Å²) in [6.45, 7) is 4.26. The van der Waals surface area contributed by atoms with Crippen LogP contribution in [0, 0.1) is 0 Å². The van der Waals surface area contributed by atoms with Gasteiger partial charge in [-0.1, -0.05) is 35.9 Å². The SMILES string of the molecule is O=C1c2oc3ccccc3c(=O)c2C(c2ccc(Cl)cc2)N1CCN1CCOCC1. The van der Waals surface area contributed by atoms with Gasteiger partial charge in [0.25, 0.3) is 5.91 Å². The van der Waals surface area contributed by atoms with E-state index < -0.39 is 6.04 Å². The van der Waals surface area contributed by atoms with E-state index in [1.165, 1.54) is 0 Å². The standard InChI is InChI=1S/C23H21ClN2O4/c24-16-7-5-15(6-8-16)20-19-21(27)17-3-1-2-4-18(17)30-22(19)23(28)26(20)10-9-25-11-13-29-14-12-25/h1-8,20H,9-14H2. The predicted octanol–water partition coefficient (Wildman–Crippen LogP) is 3.32. The fourth-order valence-corrected chi connectivity index (χ4v) is 4.39. The molecule has 1 saturated heterocycles. The van der Waals surface area contributed by atoms with E-state index in [4.69, 9.17) is 20.8 Å². The van der Waals surface area contributed by atoms with Gasteiger partial charge in [-0.15, -0.1) is 0 Å². The molecule has 0 saturated carbocycles. The Morgan fingerprint density at radius 2 is 1.70 bits per heavy atom. The van der Waals surface area contributed by atoms with Crippen LogP contribution in [0.5, 0.6) is 0 Å². The highest BCUT2D eigenvalue weighted by Gasteiger charge is 2.42. The number of nitrogens with zero attached hydrogens (tertiary/aromatic N) is 2. The molecule has 30 heavy (non-hydrogen) atoms. The Morgan fingerprint density at radius 1 is 0.967 bits per heavy atom. The quantitative estimate of drug-likeness (QED) is 0.643. The van der Waals surface area contributed by atoms with Crippen molar-refractivity contribution in [1.29, 1.82) is 0 Å². The molecule has 1 atom stereocenters. The van der Waals surface area contributed by atoms with E-state index in [-0.39, 0.29) is 17.1 Å². The molecule has 2 aliphatic rings. The van der Waals surface area contributed by atoms with E-state index in [0.29, 0.717) is 47.9 Å². The Hall–Kier alpha value is -2.67. The van der Waals surface area contributed by atoms with Gasteiger partial charge in [0.2, 0.25) is 5.76 Å². The molecule has 154 valence electrons. The molecule has 2 aliphatic heterocycles. The highest BCUT2D eigenvalue weighted by molar-refractivity contribution is 6.30. The van der Waals surface area contributed by atoms with Gasteiger partial charge in [-0.05, 0) is 29.8 Å². The van der Waals surface area contributed by atoms with Gasteiger partial charge in [0.15, 0.2) is 5.43 Å². The number of hydrogen-bond donors (Lipinski definition) is 0. The van der Waals surface area contributed by atoms with Crippen molar-refractivity contribution >= 4 is 28.5 Å². The number of benzene rings is 2. The van der Waals surface area contributed by atoms with Crippen LogP contribution in [0.25, 0.3) is 11.0 Å². The average molecular weight is 425 g/mol. The molecule has 3 heterocycles. The fraction of sp³-hybridized carbons (Fsp3) is 0.304. The summed E-state index contributed by atoms with van der Waals surface area (Å²) in [5, 5.41) is 1.09. The number of ether oxygens (including phenoxy) is 1. The third-order valence-electron chi connectivity index (χ3n) is 5.82. The largest absolute Gasteiger partial charge is 0.450 e. The Bertz CT molecular complexity index is 1150. The van der Waals surface area contributed by atoms with Crippen LogP contribution < -0.4 is 5.43 Å². The summed E-state index contributed by atoms with van der Waals surface area (Å²) in [4.78, 5) is 30.7. The van der Waals surface area contributed by atoms with Crippen LogP contribution in [0.1, 0.15) is 27.7 Å². The van der Waals surface area contributed by atoms with Crippen molar-refractivity contribution in [2.24, 2.45) is 0 Å². The first kappa shape index (κ1) is 19.3. The number of hydrogen-bond acceptors (Lipinski definition) is 5. The van der Waals surface area contributed by atoms with E-state index in [9.17, 15) is 9.59 Å². The fourth-order valence-electron chi connectivity index (χ4n) is 4.26. The van der Waals surface area contributed by atoms with Crippen molar-refractivity contribution in [1.82, 2.24) is 9.80 Å². The van der Waals surface area contributed by atoms with Crippen LogP contribution in [-0.4, -0.2) is 55.1 Å². The predicted molar refractivity (Wildman–Crippen MR) is 114 cm³/mol. The molecule has 0 N–H and O–H groups in total. The van der Waals surface area contributed by atoms with Gasteiger partial charge in [0.05, 0.1) is 30.2 Å². The first-order valence-corrected chi connectivity index (χ1v) is 10.4. The van der Waals surface area contributed by atoms with E-state index in [1.54, 1.807) is 41.3 Å². The Balaban J connectivity index is 1.59. The van der Waals surface area contributed by atoms with Crippen LogP contribution >= 0.6 is 11.6 Å². The van der Waals surface area contributed by atoms with Crippen LogP contribution in [-0.2, 0) is 4.74 Å². The summed E-state index contributed by atoms with van der Waals surface area (Å²) in [5.41, 5.74) is 1.52. The average Bonchev–Trinajstić information content (AvgIpc) is 3.06. The van der Waals surface area contributed by atoms with Crippen molar-refractivity contribution in [2.75, 3.05) is 39.4 Å². The summed E-state index contributed by atoms with van der Waals surface area (Å²) in [6, 6.07) is 13.9. The molecule has 5 rings (SSSR count). The topological polar surface area (TPSA) is 63.0 Å². The number of para-hydroxylation sites is 1. The Morgan fingerprint density at radius 3 is 2.47 bits per heavy atom. The minimum Gasteiger partial charge on any atom is -0.450 e. The van der Waals surface area contributed by atoms with Gasteiger partial charge in [-0.3, -0.25) is 14.5 Å². The maximum atomic E-state index is 13.4. The third-order valence-corrected chi connectivity index (χ3v) is 6.07. The number of fused-ring (bicyclic) bond motifs is 2. The zero-order valence-electron chi connectivity index (χ0n) is 16.3. The Labute approximate surface area is 178 Å². The second-order valence-electron chi connectivity index (χ2n) is 7.58. The van der Waals surface area contributed by atoms with Gasteiger partial charge in [0.1, 0.15) is 5.58 Å². The zero-order chi connectivity index (χ0) is 20.7. The maximum absolute atomic E-state index is 13.4. The lowest BCUT2D eigenvalue weighted by molar-refractivity contribution is 0.0314. The molecule has 0 spiro atoms. The van der Waals surface area contributed by atoms with Gasteiger partial charge >= 0.3 is 0 Å². The number of halogens is 1. The molecule has 1 amide bonds. The first-order chi connectivity index (χ1) is 14.6. The highest BCUT2D eigenvalue weighted by Crippen LogP contribution is 2.38. The third kappa shape index (κ3) is 3.31. The van der Waals surface area contributed by atoms with E-state index in [2.05, 4.69) is 4.90 Å². The lowest BCUT2D eigenvalue weighted by Gasteiger charge is -2.31. The first-order valence-electron chi connectivity index (χ1n) is 10.1. The number of morpholine rings is 1. The van der Waals surface area contributed by atoms with Crippen molar-refractivity contribution in [2.45, 2.75) is 6.04 Å². The maximum Gasteiger partial charge on any atom is 0.290 e.